The number of rotatable bonds is 2. The van der Waals surface area contributed by atoms with Crippen molar-refractivity contribution < 1.29 is 4.52 Å². The average molecular weight is 319 g/mol. The van der Waals surface area contributed by atoms with Gasteiger partial charge in [0.1, 0.15) is 0 Å². The van der Waals surface area contributed by atoms with E-state index in [-0.39, 0.29) is 0 Å². The molecule has 0 aliphatic carbocycles. The third kappa shape index (κ3) is 2.62. The number of nitrogens with zero attached hydrogens (tertiary/aromatic N) is 1. The lowest BCUT2D eigenvalue weighted by Crippen LogP contribution is -1.90. The first-order valence-electron chi connectivity index (χ1n) is 6.34. The van der Waals surface area contributed by atoms with E-state index in [9.17, 15) is 0 Å². The zero-order chi connectivity index (χ0) is 15.0. The minimum Gasteiger partial charge on any atom is -0.380 e. The number of halogens is 2. The van der Waals surface area contributed by atoms with Crippen molar-refractivity contribution in [2.24, 2.45) is 0 Å². The first kappa shape index (κ1) is 14.0. The molecule has 0 unspecified atom stereocenters. The van der Waals surface area contributed by atoms with Gasteiger partial charge in [0.2, 0.25) is 0 Å². The largest absolute Gasteiger partial charge is 0.380 e. The Morgan fingerprint density at radius 1 is 1.10 bits per heavy atom. The molecule has 0 aliphatic rings. The predicted octanol–water partition coefficient (Wildman–Crippen LogP) is 5.21. The smallest absolute Gasteiger partial charge is 0.177 e. The Morgan fingerprint density at radius 2 is 1.86 bits per heavy atom. The number of nitrogens with two attached hydrogens (primary N) is 1. The van der Waals surface area contributed by atoms with Crippen LogP contribution in [0.4, 0.5) is 5.82 Å². The zero-order valence-electron chi connectivity index (χ0n) is 11.2. The lowest BCUT2D eigenvalue weighted by atomic mass is 10.0. The molecule has 2 N–H and O–H groups in total. The van der Waals surface area contributed by atoms with Crippen molar-refractivity contribution in [1.29, 1.82) is 0 Å². The Labute approximate surface area is 132 Å². The molecule has 1 aromatic heterocycles. The van der Waals surface area contributed by atoms with Crippen LogP contribution in [0.25, 0.3) is 22.5 Å². The van der Waals surface area contributed by atoms with Crippen LogP contribution in [0.15, 0.2) is 47.0 Å². The Hall–Kier alpha value is -1.97. The van der Waals surface area contributed by atoms with Gasteiger partial charge in [0.05, 0.1) is 5.56 Å². The van der Waals surface area contributed by atoms with Crippen LogP contribution < -0.4 is 5.73 Å². The van der Waals surface area contributed by atoms with Gasteiger partial charge in [-0.25, -0.2) is 0 Å². The second-order valence-corrected chi connectivity index (χ2v) is 5.61. The normalized spacial score (nSPS) is 10.8. The van der Waals surface area contributed by atoms with Gasteiger partial charge in [-0.2, -0.15) is 0 Å². The van der Waals surface area contributed by atoms with Crippen LogP contribution in [-0.4, -0.2) is 5.16 Å². The highest BCUT2D eigenvalue weighted by Crippen LogP contribution is 2.40. The third-order valence-electron chi connectivity index (χ3n) is 3.17. The van der Waals surface area contributed by atoms with E-state index in [2.05, 4.69) is 5.16 Å². The van der Waals surface area contributed by atoms with Gasteiger partial charge >= 0.3 is 0 Å². The quantitative estimate of drug-likeness (QED) is 0.706. The van der Waals surface area contributed by atoms with Crippen LogP contribution in [0.3, 0.4) is 0 Å². The summed E-state index contributed by atoms with van der Waals surface area (Å²) in [4.78, 5) is 0. The van der Waals surface area contributed by atoms with Crippen molar-refractivity contribution in [2.75, 3.05) is 5.73 Å². The van der Waals surface area contributed by atoms with Gasteiger partial charge in [-0.3, -0.25) is 0 Å². The van der Waals surface area contributed by atoms with E-state index in [1.165, 1.54) is 0 Å². The van der Waals surface area contributed by atoms with Gasteiger partial charge in [-0.1, -0.05) is 46.6 Å². The maximum atomic E-state index is 6.26. The lowest BCUT2D eigenvalue weighted by Gasteiger charge is -2.06. The van der Waals surface area contributed by atoms with E-state index in [0.717, 1.165) is 16.7 Å². The summed E-state index contributed by atoms with van der Waals surface area (Å²) in [7, 11) is 0. The number of nitrogen functional groups attached to an aromatic ring is 1. The number of hydrogen-bond donors (Lipinski definition) is 1. The van der Waals surface area contributed by atoms with Crippen molar-refractivity contribution in [2.45, 2.75) is 6.92 Å². The maximum Gasteiger partial charge on any atom is 0.177 e. The molecular weight excluding hydrogens is 307 g/mol. The maximum absolute atomic E-state index is 6.26. The molecule has 3 aromatic rings. The summed E-state index contributed by atoms with van der Waals surface area (Å²) in [5.74, 6) is 0.863. The molecule has 3 rings (SSSR count). The molecule has 0 radical (unpaired) electrons. The van der Waals surface area contributed by atoms with Gasteiger partial charge in [0, 0.05) is 21.2 Å². The highest BCUT2D eigenvalue weighted by Gasteiger charge is 2.20. The minimum absolute atomic E-state index is 0.302. The number of aryl methyl sites for hydroxylation is 1. The average Bonchev–Trinajstić information content (AvgIpc) is 2.80. The molecule has 3 nitrogen and oxygen atoms in total. The molecule has 21 heavy (non-hydrogen) atoms. The molecule has 0 saturated carbocycles. The highest BCUT2D eigenvalue weighted by atomic mass is 35.5. The highest BCUT2D eigenvalue weighted by molar-refractivity contribution is 6.33. The van der Waals surface area contributed by atoms with Crippen molar-refractivity contribution in [3.63, 3.8) is 0 Å². The molecule has 0 saturated heterocycles. The molecule has 0 spiro atoms. The van der Waals surface area contributed by atoms with Gasteiger partial charge in [-0.15, -0.1) is 0 Å². The van der Waals surface area contributed by atoms with E-state index in [1.807, 2.05) is 43.3 Å². The summed E-state index contributed by atoms with van der Waals surface area (Å²) in [6.45, 7) is 1.96. The van der Waals surface area contributed by atoms with E-state index in [0.29, 0.717) is 27.2 Å². The Morgan fingerprint density at radius 3 is 2.57 bits per heavy atom. The standard InChI is InChI=1S/C16H12Cl2N2O/c1-9-6-10(8-11(17)7-9)15-14(16(19)20-21-15)12-4-2-3-5-13(12)18/h2-8H,1H3,(H2,19,20). The van der Waals surface area contributed by atoms with Crippen LogP contribution >= 0.6 is 23.2 Å². The predicted molar refractivity (Wildman–Crippen MR) is 86.5 cm³/mol. The van der Waals surface area contributed by atoms with E-state index in [4.69, 9.17) is 33.5 Å². The molecule has 0 aliphatic heterocycles. The number of aromatic nitrogens is 1. The SMILES string of the molecule is Cc1cc(Cl)cc(-c2onc(N)c2-c2ccccc2Cl)c1. The molecular formula is C16H12Cl2N2O. The van der Waals surface area contributed by atoms with E-state index >= 15 is 0 Å². The topological polar surface area (TPSA) is 52.0 Å². The molecule has 0 bridgehead atoms. The molecule has 1 heterocycles. The second-order valence-electron chi connectivity index (χ2n) is 4.77. The molecule has 106 valence electrons. The third-order valence-corrected chi connectivity index (χ3v) is 3.71. The monoisotopic (exact) mass is 318 g/mol. The lowest BCUT2D eigenvalue weighted by molar-refractivity contribution is 0.436. The van der Waals surface area contributed by atoms with Crippen LogP contribution in [0.5, 0.6) is 0 Å². The fourth-order valence-corrected chi connectivity index (χ4v) is 2.81. The number of anilines is 1. The molecule has 2 aromatic carbocycles. The first-order valence-corrected chi connectivity index (χ1v) is 7.09. The summed E-state index contributed by atoms with van der Waals surface area (Å²) in [5, 5.41) is 5.09. The van der Waals surface area contributed by atoms with Gasteiger partial charge < -0.3 is 10.3 Å². The Balaban J connectivity index is 2.24. The van der Waals surface area contributed by atoms with Gasteiger partial charge in [-0.05, 0) is 36.8 Å². The molecule has 0 atom stereocenters. The van der Waals surface area contributed by atoms with Crippen LogP contribution in [0.1, 0.15) is 5.56 Å². The van der Waals surface area contributed by atoms with Gasteiger partial charge in [0.15, 0.2) is 11.6 Å². The Bertz CT molecular complexity index is 792. The minimum atomic E-state index is 0.302. The van der Waals surface area contributed by atoms with E-state index < -0.39 is 0 Å². The molecule has 5 heteroatoms. The van der Waals surface area contributed by atoms with Crippen LogP contribution in [0, 0.1) is 6.92 Å². The zero-order valence-corrected chi connectivity index (χ0v) is 12.7. The van der Waals surface area contributed by atoms with E-state index in [1.54, 1.807) is 6.07 Å². The fourth-order valence-electron chi connectivity index (χ4n) is 2.29. The fraction of sp³-hybridized carbons (Fsp3) is 0.0625. The summed E-state index contributed by atoms with van der Waals surface area (Å²) < 4.78 is 5.41. The summed E-state index contributed by atoms with van der Waals surface area (Å²) >= 11 is 12.4. The second kappa shape index (κ2) is 5.43. The summed E-state index contributed by atoms with van der Waals surface area (Å²) in [6, 6.07) is 13.1. The number of hydrogen-bond acceptors (Lipinski definition) is 3. The summed E-state index contributed by atoms with van der Waals surface area (Å²) in [5.41, 5.74) is 9.27. The van der Waals surface area contributed by atoms with Crippen molar-refractivity contribution in [3.8, 4) is 22.5 Å². The van der Waals surface area contributed by atoms with Crippen LogP contribution in [-0.2, 0) is 0 Å². The van der Waals surface area contributed by atoms with Crippen LogP contribution in [0.2, 0.25) is 10.0 Å². The molecule has 0 amide bonds. The van der Waals surface area contributed by atoms with Crippen molar-refractivity contribution in [1.82, 2.24) is 5.16 Å². The Kier molecular flexibility index (Phi) is 3.62. The van der Waals surface area contributed by atoms with Crippen molar-refractivity contribution >= 4 is 29.0 Å². The summed E-state index contributed by atoms with van der Waals surface area (Å²) in [6.07, 6.45) is 0. The van der Waals surface area contributed by atoms with Gasteiger partial charge in [0.25, 0.3) is 0 Å². The first-order chi connectivity index (χ1) is 10.1. The molecule has 0 fully saturated rings. The number of benzene rings is 2. The van der Waals surface area contributed by atoms with Crippen molar-refractivity contribution in [3.05, 3.63) is 58.1 Å².